The van der Waals surface area contributed by atoms with Crippen molar-refractivity contribution in [2.75, 3.05) is 19.1 Å². The lowest BCUT2D eigenvalue weighted by Gasteiger charge is -2.25. The molecule has 0 aliphatic rings. The van der Waals surface area contributed by atoms with E-state index in [1.165, 1.54) is 16.0 Å². The SMILES string of the molecule is CCCCn1c(C)c(CC(=O)N[C@@H](Cc2ccccc2)C(=O)N(C)c2ccc(OC)nc2)c2c(C)ccc(C)c21. The van der Waals surface area contributed by atoms with E-state index in [2.05, 4.69) is 54.7 Å². The van der Waals surface area contributed by atoms with Crippen molar-refractivity contribution in [1.29, 1.82) is 0 Å². The number of methoxy groups -OCH3 is 1. The van der Waals surface area contributed by atoms with Gasteiger partial charge < -0.3 is 19.5 Å². The quantitative estimate of drug-likeness (QED) is 0.265. The molecule has 0 saturated heterocycles. The Bertz CT molecular complexity index is 1480. The van der Waals surface area contributed by atoms with Crippen LogP contribution in [0.2, 0.25) is 0 Å². The van der Waals surface area contributed by atoms with Crippen LogP contribution < -0.4 is 15.0 Å². The van der Waals surface area contributed by atoms with Crippen LogP contribution in [0.5, 0.6) is 5.88 Å². The van der Waals surface area contributed by atoms with Crippen LogP contribution in [0.15, 0.2) is 60.8 Å². The Hall–Kier alpha value is -4.13. The predicted octanol–water partition coefficient (Wildman–Crippen LogP) is 5.70. The number of amides is 2. The van der Waals surface area contributed by atoms with E-state index in [-0.39, 0.29) is 18.2 Å². The summed E-state index contributed by atoms with van der Waals surface area (Å²) in [7, 11) is 3.25. The van der Waals surface area contributed by atoms with Gasteiger partial charge in [0.1, 0.15) is 6.04 Å². The van der Waals surface area contributed by atoms with Crippen molar-refractivity contribution in [3.8, 4) is 5.88 Å². The highest BCUT2D eigenvalue weighted by Crippen LogP contribution is 2.32. The van der Waals surface area contributed by atoms with Gasteiger partial charge in [-0.1, -0.05) is 55.8 Å². The van der Waals surface area contributed by atoms with Crippen LogP contribution in [0.25, 0.3) is 10.9 Å². The van der Waals surface area contributed by atoms with Crippen molar-refractivity contribution in [3.05, 3.63) is 88.7 Å². The number of aryl methyl sites for hydroxylation is 3. The van der Waals surface area contributed by atoms with E-state index < -0.39 is 6.04 Å². The van der Waals surface area contributed by atoms with Crippen LogP contribution >= 0.6 is 0 Å². The minimum atomic E-state index is -0.737. The van der Waals surface area contributed by atoms with E-state index in [9.17, 15) is 9.59 Å². The zero-order valence-corrected chi connectivity index (χ0v) is 24.5. The number of ether oxygens (including phenoxy) is 1. The number of anilines is 1. The number of unbranched alkanes of at least 4 members (excludes halogenated alkanes) is 1. The number of hydrogen-bond acceptors (Lipinski definition) is 4. The molecule has 0 saturated carbocycles. The molecule has 0 unspecified atom stereocenters. The first-order valence-corrected chi connectivity index (χ1v) is 13.9. The Morgan fingerprint density at radius 1 is 1.02 bits per heavy atom. The molecule has 4 rings (SSSR count). The smallest absolute Gasteiger partial charge is 0.249 e. The number of aromatic nitrogens is 2. The number of carbonyl (C=O) groups excluding carboxylic acids is 2. The van der Waals surface area contributed by atoms with Crippen molar-refractivity contribution in [1.82, 2.24) is 14.9 Å². The van der Waals surface area contributed by atoms with E-state index in [1.807, 2.05) is 30.3 Å². The van der Waals surface area contributed by atoms with Gasteiger partial charge in [0.05, 0.1) is 30.9 Å². The van der Waals surface area contributed by atoms with Crippen LogP contribution in [-0.4, -0.2) is 41.6 Å². The molecular formula is C33H40N4O3. The zero-order chi connectivity index (χ0) is 28.8. The summed E-state index contributed by atoms with van der Waals surface area (Å²) in [6.45, 7) is 9.45. The van der Waals surface area contributed by atoms with Crippen molar-refractivity contribution in [3.63, 3.8) is 0 Å². The third-order valence-corrected chi connectivity index (χ3v) is 7.64. The predicted molar refractivity (Wildman–Crippen MR) is 161 cm³/mol. The van der Waals surface area contributed by atoms with Gasteiger partial charge in [-0.05, 0) is 55.5 Å². The molecule has 0 radical (unpaired) electrons. The maximum Gasteiger partial charge on any atom is 0.249 e. The number of rotatable bonds is 11. The number of nitrogens with zero attached hydrogens (tertiary/aromatic N) is 3. The molecule has 4 aromatic rings. The summed E-state index contributed by atoms with van der Waals surface area (Å²) >= 11 is 0. The van der Waals surface area contributed by atoms with Crippen LogP contribution in [-0.2, 0) is 29.0 Å². The molecule has 210 valence electrons. The average Bonchev–Trinajstić information content (AvgIpc) is 3.25. The Balaban J connectivity index is 1.63. The van der Waals surface area contributed by atoms with E-state index in [0.29, 0.717) is 18.0 Å². The molecule has 7 heteroatoms. The van der Waals surface area contributed by atoms with Gasteiger partial charge in [-0.15, -0.1) is 0 Å². The number of carbonyl (C=O) groups is 2. The highest BCUT2D eigenvalue weighted by molar-refractivity contribution is 6.00. The summed E-state index contributed by atoms with van der Waals surface area (Å²) in [5, 5.41) is 4.23. The first kappa shape index (κ1) is 28.9. The molecule has 0 aliphatic heterocycles. The Morgan fingerprint density at radius 2 is 1.75 bits per heavy atom. The van der Waals surface area contributed by atoms with Crippen molar-refractivity contribution < 1.29 is 14.3 Å². The monoisotopic (exact) mass is 540 g/mol. The molecule has 0 bridgehead atoms. The van der Waals surface area contributed by atoms with Gasteiger partial charge in [0.2, 0.25) is 17.7 Å². The second kappa shape index (κ2) is 12.8. The second-order valence-corrected chi connectivity index (χ2v) is 10.4. The maximum atomic E-state index is 13.7. The number of pyridine rings is 1. The second-order valence-electron chi connectivity index (χ2n) is 10.4. The summed E-state index contributed by atoms with van der Waals surface area (Å²) in [6, 6.07) is 16.8. The van der Waals surface area contributed by atoms with Crippen molar-refractivity contribution >= 4 is 28.4 Å². The Kier molecular flexibility index (Phi) is 9.25. The van der Waals surface area contributed by atoms with E-state index in [0.717, 1.165) is 47.2 Å². The lowest BCUT2D eigenvalue weighted by molar-refractivity contribution is -0.127. The Labute approximate surface area is 237 Å². The van der Waals surface area contributed by atoms with Gasteiger partial charge in [0.15, 0.2) is 0 Å². The van der Waals surface area contributed by atoms with Gasteiger partial charge in [-0.25, -0.2) is 4.98 Å². The van der Waals surface area contributed by atoms with Gasteiger partial charge in [0, 0.05) is 37.2 Å². The topological polar surface area (TPSA) is 76.5 Å². The molecule has 2 aromatic carbocycles. The summed E-state index contributed by atoms with van der Waals surface area (Å²) < 4.78 is 7.51. The van der Waals surface area contributed by atoms with Gasteiger partial charge in [0.25, 0.3) is 0 Å². The molecule has 0 aliphatic carbocycles. The standard InChI is InChI=1S/C33H40N4O3/c1-7-8-18-37-24(4)27(31-22(2)14-15-23(3)32(31)37)20-29(38)35-28(19-25-12-10-9-11-13-25)33(39)36(5)26-16-17-30(40-6)34-21-26/h9-17,21,28H,7-8,18-20H2,1-6H3,(H,35,38)/t28-/m0/s1. The number of fused-ring (bicyclic) bond motifs is 1. The highest BCUT2D eigenvalue weighted by atomic mass is 16.5. The fourth-order valence-corrected chi connectivity index (χ4v) is 5.36. The normalized spacial score (nSPS) is 11.8. The minimum Gasteiger partial charge on any atom is -0.481 e. The fraction of sp³-hybridized carbons (Fsp3) is 0.364. The fourth-order valence-electron chi connectivity index (χ4n) is 5.36. The van der Waals surface area contributed by atoms with Crippen LogP contribution in [0, 0.1) is 20.8 Å². The molecule has 2 aromatic heterocycles. The molecule has 1 N–H and O–H groups in total. The molecule has 1 atom stereocenters. The first-order chi connectivity index (χ1) is 19.2. The molecule has 40 heavy (non-hydrogen) atoms. The van der Waals surface area contributed by atoms with Crippen molar-refractivity contribution in [2.24, 2.45) is 0 Å². The van der Waals surface area contributed by atoms with E-state index in [1.54, 1.807) is 32.5 Å². The van der Waals surface area contributed by atoms with E-state index in [4.69, 9.17) is 4.74 Å². The molecule has 7 nitrogen and oxygen atoms in total. The third kappa shape index (κ3) is 6.19. The third-order valence-electron chi connectivity index (χ3n) is 7.64. The van der Waals surface area contributed by atoms with Gasteiger partial charge in [-0.3, -0.25) is 9.59 Å². The van der Waals surface area contributed by atoms with Gasteiger partial charge in [-0.2, -0.15) is 0 Å². The lowest BCUT2D eigenvalue weighted by atomic mass is 10.00. The number of hydrogen-bond donors (Lipinski definition) is 1. The maximum absolute atomic E-state index is 13.7. The average molecular weight is 541 g/mol. The van der Waals surface area contributed by atoms with Crippen LogP contribution in [0.1, 0.15) is 47.7 Å². The number of nitrogens with one attached hydrogen (secondary N) is 1. The molecule has 0 fully saturated rings. The van der Waals surface area contributed by atoms with Gasteiger partial charge >= 0.3 is 0 Å². The summed E-state index contributed by atoms with van der Waals surface area (Å²) in [6.07, 6.45) is 4.36. The summed E-state index contributed by atoms with van der Waals surface area (Å²) in [4.78, 5) is 33.2. The zero-order valence-electron chi connectivity index (χ0n) is 24.5. The molecule has 0 spiro atoms. The van der Waals surface area contributed by atoms with E-state index >= 15 is 0 Å². The summed E-state index contributed by atoms with van der Waals surface area (Å²) in [5.41, 5.74) is 7.31. The first-order valence-electron chi connectivity index (χ1n) is 13.9. The summed E-state index contributed by atoms with van der Waals surface area (Å²) in [5.74, 6) is 0.0881. The largest absolute Gasteiger partial charge is 0.481 e. The molecule has 2 amide bonds. The lowest BCUT2D eigenvalue weighted by Crippen LogP contribution is -2.49. The molecule has 2 heterocycles. The number of likely N-dealkylation sites (N-methyl/N-ethyl adjacent to an activating group) is 1. The highest BCUT2D eigenvalue weighted by Gasteiger charge is 2.27. The van der Waals surface area contributed by atoms with Crippen LogP contribution in [0.3, 0.4) is 0 Å². The van der Waals surface area contributed by atoms with Crippen LogP contribution in [0.4, 0.5) is 5.69 Å². The van der Waals surface area contributed by atoms with Crippen molar-refractivity contribution in [2.45, 2.75) is 66.0 Å². The Morgan fingerprint density at radius 3 is 2.40 bits per heavy atom. The molecular weight excluding hydrogens is 500 g/mol. The number of benzene rings is 2. The minimum absolute atomic E-state index is 0.172.